The molecule has 0 bridgehead atoms. The fraction of sp³-hybridized carbons (Fsp3) is 0.357. The number of benzene rings is 2. The lowest BCUT2D eigenvalue weighted by atomic mass is 10.0. The fourth-order valence-electron chi connectivity index (χ4n) is 4.44. The first-order chi connectivity index (χ1) is 16.9. The second-order valence-corrected chi connectivity index (χ2v) is 9.18. The average molecular weight is 514 g/mol. The van der Waals surface area contributed by atoms with Gasteiger partial charge < -0.3 is 15.4 Å². The molecular weight excluding hydrogens is 481 g/mol. The predicted octanol–water partition coefficient (Wildman–Crippen LogP) is 7.88. The normalized spacial score (nSPS) is 16.3. The number of hydrogen-bond acceptors (Lipinski definition) is 4. The lowest BCUT2D eigenvalue weighted by molar-refractivity contribution is 0.100. The molecule has 7 heteroatoms. The van der Waals surface area contributed by atoms with Gasteiger partial charge in [0.15, 0.2) is 0 Å². The number of halogens is 2. The topological polar surface area (TPSA) is 67.9 Å². The molecule has 5 nitrogen and oxygen atoms in total. The number of hydrogen-bond donors (Lipinski definition) is 1. The maximum Gasteiger partial charge on any atom is 0.248 e. The van der Waals surface area contributed by atoms with Crippen LogP contribution < -0.4 is 15.4 Å². The lowest BCUT2D eigenvalue weighted by Gasteiger charge is -2.36. The number of anilines is 1. The summed E-state index contributed by atoms with van der Waals surface area (Å²) in [5, 5.41) is 0.927. The highest BCUT2D eigenvalue weighted by Gasteiger charge is 2.29. The van der Waals surface area contributed by atoms with Crippen molar-refractivity contribution in [2.24, 2.45) is 10.7 Å². The van der Waals surface area contributed by atoms with Gasteiger partial charge >= 0.3 is 0 Å². The van der Waals surface area contributed by atoms with Crippen LogP contribution in [-0.2, 0) is 0 Å². The zero-order valence-electron chi connectivity index (χ0n) is 20.8. The lowest BCUT2D eigenvalue weighted by Crippen LogP contribution is -2.40. The van der Waals surface area contributed by atoms with Crippen molar-refractivity contribution in [2.45, 2.75) is 59.4 Å². The molecular formula is C28H33Cl2N3O2. The van der Waals surface area contributed by atoms with E-state index in [-0.39, 0.29) is 0 Å². The van der Waals surface area contributed by atoms with Gasteiger partial charge in [0.05, 0.1) is 33.7 Å². The smallest absolute Gasteiger partial charge is 0.248 e. The van der Waals surface area contributed by atoms with E-state index in [4.69, 9.17) is 38.7 Å². The number of primary amides is 1. The molecule has 0 atom stereocenters. The van der Waals surface area contributed by atoms with Crippen LogP contribution in [0.2, 0.25) is 10.0 Å². The summed E-state index contributed by atoms with van der Waals surface area (Å²) < 4.78 is 5.97. The summed E-state index contributed by atoms with van der Waals surface area (Å²) in [7, 11) is 0. The molecule has 35 heavy (non-hydrogen) atoms. The maximum absolute atomic E-state index is 11.8. The van der Waals surface area contributed by atoms with Gasteiger partial charge in [-0.15, -0.1) is 0 Å². The molecule has 0 saturated heterocycles. The number of carbonyl (C=O) groups is 1. The van der Waals surface area contributed by atoms with Crippen molar-refractivity contribution in [3.63, 3.8) is 0 Å². The van der Waals surface area contributed by atoms with E-state index in [9.17, 15) is 4.79 Å². The van der Waals surface area contributed by atoms with Crippen molar-refractivity contribution >= 4 is 46.2 Å². The zero-order chi connectivity index (χ0) is 25.5. The molecule has 0 spiro atoms. The number of nitrogens with zero attached hydrogens (tertiary/aromatic N) is 2. The van der Waals surface area contributed by atoms with Crippen LogP contribution in [0, 0.1) is 0 Å². The van der Waals surface area contributed by atoms with Gasteiger partial charge in [-0.1, -0.05) is 56.0 Å². The van der Waals surface area contributed by atoms with Crippen LogP contribution in [0.15, 0.2) is 64.9 Å². The molecule has 1 aliphatic heterocycles. The summed E-state index contributed by atoms with van der Waals surface area (Å²) in [4.78, 5) is 19.1. The fourth-order valence-corrected chi connectivity index (χ4v) is 4.73. The van der Waals surface area contributed by atoms with E-state index in [1.807, 2.05) is 45.9 Å². The SMILES string of the molecule is C/C=C(\C=C(/C)Oc1ccc(Cl)c(Cl)c1)C1=Nc2cc(C(N)=O)ccc2N(C2CCCC2)C1.CC. The van der Waals surface area contributed by atoms with Crippen molar-refractivity contribution in [2.75, 3.05) is 11.4 Å². The first-order valence-electron chi connectivity index (χ1n) is 12.1. The molecule has 1 aliphatic carbocycles. The van der Waals surface area contributed by atoms with E-state index < -0.39 is 5.91 Å². The Morgan fingerprint density at radius 3 is 2.46 bits per heavy atom. The van der Waals surface area contributed by atoms with Gasteiger partial charge in [0.1, 0.15) is 11.5 Å². The number of carbonyl (C=O) groups excluding carboxylic acids is 1. The van der Waals surface area contributed by atoms with Gasteiger partial charge in [-0.25, -0.2) is 4.99 Å². The Labute approximate surface area is 218 Å². The van der Waals surface area contributed by atoms with E-state index in [1.165, 1.54) is 12.8 Å². The summed E-state index contributed by atoms with van der Waals surface area (Å²) in [6, 6.07) is 11.2. The van der Waals surface area contributed by atoms with Crippen molar-refractivity contribution in [3.8, 4) is 5.75 Å². The molecule has 2 aromatic rings. The van der Waals surface area contributed by atoms with E-state index in [0.29, 0.717) is 39.7 Å². The number of nitrogens with two attached hydrogens (primary N) is 1. The monoisotopic (exact) mass is 513 g/mol. The van der Waals surface area contributed by atoms with Crippen LogP contribution in [0.3, 0.4) is 0 Å². The Bertz CT molecular complexity index is 1160. The van der Waals surface area contributed by atoms with Crippen LogP contribution >= 0.6 is 23.2 Å². The van der Waals surface area contributed by atoms with Crippen LogP contribution in [0.4, 0.5) is 11.4 Å². The minimum atomic E-state index is -0.454. The predicted molar refractivity (Wildman–Crippen MR) is 148 cm³/mol. The summed E-state index contributed by atoms with van der Waals surface area (Å²) in [6.07, 6.45) is 8.77. The third-order valence-electron chi connectivity index (χ3n) is 6.08. The summed E-state index contributed by atoms with van der Waals surface area (Å²) in [6.45, 7) is 8.57. The third-order valence-corrected chi connectivity index (χ3v) is 6.82. The Morgan fingerprint density at radius 1 is 1.11 bits per heavy atom. The second kappa shape index (κ2) is 12.3. The highest BCUT2D eigenvalue weighted by Crippen LogP contribution is 2.39. The minimum Gasteiger partial charge on any atom is -0.462 e. The molecule has 0 aromatic heterocycles. The Kier molecular flexibility index (Phi) is 9.41. The Morgan fingerprint density at radius 2 is 1.83 bits per heavy atom. The Hall–Kier alpha value is -2.76. The van der Waals surface area contributed by atoms with Crippen LogP contribution in [0.1, 0.15) is 63.7 Å². The van der Waals surface area contributed by atoms with Crippen LogP contribution in [0.25, 0.3) is 0 Å². The Balaban J connectivity index is 0.00000167. The molecule has 0 unspecified atom stereocenters. The molecule has 1 saturated carbocycles. The number of amides is 1. The first-order valence-corrected chi connectivity index (χ1v) is 12.9. The molecule has 2 N–H and O–H groups in total. The number of fused-ring (bicyclic) bond motifs is 1. The quantitative estimate of drug-likeness (QED) is 0.315. The van der Waals surface area contributed by atoms with Gasteiger partial charge in [-0.2, -0.15) is 0 Å². The molecule has 1 heterocycles. The van der Waals surface area contributed by atoms with Crippen LogP contribution in [0.5, 0.6) is 5.75 Å². The first kappa shape index (κ1) is 26.8. The second-order valence-electron chi connectivity index (χ2n) is 8.37. The number of ether oxygens (including phenoxy) is 1. The molecule has 4 rings (SSSR count). The standard InChI is InChI=1S/C26H27Cl2N3O2.C2H6/c1-3-17(12-16(2)33-20-9-10-21(27)22(28)14-20)24-15-31(19-6-4-5-7-19)25-11-8-18(26(29)32)13-23(25)30-24;1-2/h3,8-14,19H,4-7,15H2,1-2H3,(H2,29,32);1-2H3/b16-12+,17-3+;. The van der Waals surface area contributed by atoms with Crippen LogP contribution in [-0.4, -0.2) is 24.2 Å². The molecule has 1 fully saturated rings. The van der Waals surface area contributed by atoms with Crippen molar-refractivity contribution < 1.29 is 9.53 Å². The molecule has 2 aliphatic rings. The van der Waals surface area contributed by atoms with E-state index in [1.54, 1.807) is 30.3 Å². The average Bonchev–Trinajstić information content (AvgIpc) is 3.40. The third kappa shape index (κ3) is 6.47. The van der Waals surface area contributed by atoms with Gasteiger partial charge in [-0.3, -0.25) is 4.79 Å². The van der Waals surface area contributed by atoms with Crippen molar-refractivity contribution in [3.05, 3.63) is 75.5 Å². The molecule has 186 valence electrons. The van der Waals surface area contributed by atoms with Gasteiger partial charge in [0.25, 0.3) is 0 Å². The highest BCUT2D eigenvalue weighted by atomic mass is 35.5. The van der Waals surface area contributed by atoms with E-state index >= 15 is 0 Å². The maximum atomic E-state index is 11.8. The summed E-state index contributed by atoms with van der Waals surface area (Å²) in [5.41, 5.74) is 9.71. The zero-order valence-corrected chi connectivity index (χ0v) is 22.3. The van der Waals surface area contributed by atoms with Crippen molar-refractivity contribution in [1.29, 1.82) is 0 Å². The number of aliphatic imine (C=N–C) groups is 1. The van der Waals surface area contributed by atoms with Crippen molar-refractivity contribution in [1.82, 2.24) is 0 Å². The molecule has 0 radical (unpaired) electrons. The number of rotatable bonds is 6. The highest BCUT2D eigenvalue weighted by molar-refractivity contribution is 6.42. The molecule has 1 amide bonds. The van der Waals surface area contributed by atoms with Gasteiger partial charge in [0.2, 0.25) is 5.91 Å². The number of allylic oxidation sites excluding steroid dienone is 3. The largest absolute Gasteiger partial charge is 0.462 e. The van der Waals surface area contributed by atoms with E-state index in [0.717, 1.165) is 35.5 Å². The minimum absolute atomic E-state index is 0.443. The van der Waals surface area contributed by atoms with Gasteiger partial charge in [-0.05, 0) is 68.7 Å². The summed E-state index contributed by atoms with van der Waals surface area (Å²) in [5.74, 6) is 0.862. The summed E-state index contributed by atoms with van der Waals surface area (Å²) >= 11 is 12.1. The van der Waals surface area contributed by atoms with Gasteiger partial charge in [0, 0.05) is 17.7 Å². The van der Waals surface area contributed by atoms with E-state index in [2.05, 4.69) is 4.90 Å². The molecule has 2 aromatic carbocycles.